The zero-order valence-corrected chi connectivity index (χ0v) is 16.8. The SMILES string of the molecule is CCOC(=O)[C@@H]1CC[C@@H]2C=CC[P@@](=O)(c3ccc(Oc4ccccc4)cc3)N21. The second kappa shape index (κ2) is 7.94. The minimum absolute atomic E-state index is 0.0224. The fraction of sp³-hybridized carbons (Fsp3) is 0.318. The fourth-order valence-corrected chi connectivity index (χ4v) is 7.02. The van der Waals surface area contributed by atoms with Crippen molar-refractivity contribution >= 4 is 18.6 Å². The van der Waals surface area contributed by atoms with Crippen molar-refractivity contribution in [3.05, 3.63) is 66.7 Å². The van der Waals surface area contributed by atoms with E-state index in [1.807, 2.05) is 65.3 Å². The number of benzene rings is 2. The van der Waals surface area contributed by atoms with Gasteiger partial charge in [0.2, 0.25) is 0 Å². The van der Waals surface area contributed by atoms with Crippen LogP contribution in [0.4, 0.5) is 0 Å². The first-order valence-corrected chi connectivity index (χ1v) is 11.5. The van der Waals surface area contributed by atoms with E-state index in [0.29, 0.717) is 24.9 Å². The molecule has 146 valence electrons. The van der Waals surface area contributed by atoms with Gasteiger partial charge in [-0.2, -0.15) is 0 Å². The summed E-state index contributed by atoms with van der Waals surface area (Å²) in [4.78, 5) is 12.4. The predicted octanol–water partition coefficient (Wildman–Crippen LogP) is 4.35. The standard InChI is InChI=1S/C22H24NO4P/c1-2-26-22(24)21-15-10-17-7-6-16-28(25,23(17)21)20-13-11-19(12-14-20)27-18-8-4-3-5-9-18/h3-9,11-14,17,21H,2,10,15-16H2,1H3/t17-,21-,28+/m0/s1. The summed E-state index contributed by atoms with van der Waals surface area (Å²) in [5, 5.41) is 0.749. The fourth-order valence-electron chi connectivity index (χ4n) is 4.00. The predicted molar refractivity (Wildman–Crippen MR) is 109 cm³/mol. The Bertz CT molecular complexity index is 910. The highest BCUT2D eigenvalue weighted by atomic mass is 31.2. The average Bonchev–Trinajstić information content (AvgIpc) is 3.16. The second-order valence-electron chi connectivity index (χ2n) is 7.01. The molecule has 2 heterocycles. The summed E-state index contributed by atoms with van der Waals surface area (Å²) in [5.74, 6) is 1.17. The van der Waals surface area contributed by atoms with Gasteiger partial charge in [0.05, 0.1) is 6.61 Å². The molecule has 5 nitrogen and oxygen atoms in total. The van der Waals surface area contributed by atoms with Crippen LogP contribution in [0.3, 0.4) is 0 Å². The molecular formula is C22H24NO4P. The van der Waals surface area contributed by atoms with Crippen LogP contribution in [0.15, 0.2) is 66.7 Å². The monoisotopic (exact) mass is 397 g/mol. The Kier molecular flexibility index (Phi) is 5.38. The second-order valence-corrected chi connectivity index (χ2v) is 9.76. The molecule has 6 heteroatoms. The first kappa shape index (κ1) is 19.0. The molecule has 0 aromatic heterocycles. The van der Waals surface area contributed by atoms with Crippen molar-refractivity contribution in [3.8, 4) is 11.5 Å². The van der Waals surface area contributed by atoms with E-state index in [9.17, 15) is 9.36 Å². The molecule has 28 heavy (non-hydrogen) atoms. The van der Waals surface area contributed by atoms with Gasteiger partial charge in [0.25, 0.3) is 0 Å². The van der Waals surface area contributed by atoms with Crippen molar-refractivity contribution in [2.75, 3.05) is 12.8 Å². The van der Waals surface area contributed by atoms with Crippen LogP contribution in [-0.4, -0.2) is 35.5 Å². The number of nitrogens with zero attached hydrogens (tertiary/aromatic N) is 1. The minimum atomic E-state index is -2.92. The topological polar surface area (TPSA) is 55.8 Å². The number of rotatable bonds is 5. The molecule has 0 unspecified atom stereocenters. The summed E-state index contributed by atoms with van der Waals surface area (Å²) in [5.41, 5.74) is 0. The van der Waals surface area contributed by atoms with Crippen molar-refractivity contribution < 1.29 is 18.8 Å². The molecule has 0 N–H and O–H groups in total. The zero-order chi connectivity index (χ0) is 19.6. The van der Waals surface area contributed by atoms with Gasteiger partial charge in [-0.3, -0.25) is 4.79 Å². The zero-order valence-electron chi connectivity index (χ0n) is 15.9. The Morgan fingerprint density at radius 3 is 2.50 bits per heavy atom. The summed E-state index contributed by atoms with van der Waals surface area (Å²) in [6.07, 6.45) is 5.98. The molecule has 0 spiro atoms. The summed E-state index contributed by atoms with van der Waals surface area (Å²) >= 11 is 0. The quantitative estimate of drug-likeness (QED) is 0.427. The Morgan fingerprint density at radius 2 is 1.79 bits per heavy atom. The third-order valence-electron chi connectivity index (χ3n) is 5.26. The molecular weight excluding hydrogens is 373 g/mol. The van der Waals surface area contributed by atoms with E-state index in [2.05, 4.69) is 6.08 Å². The van der Waals surface area contributed by atoms with Crippen molar-refractivity contribution in [2.24, 2.45) is 0 Å². The highest BCUT2D eigenvalue weighted by molar-refractivity contribution is 7.69. The van der Waals surface area contributed by atoms with Crippen LogP contribution in [0, 0.1) is 0 Å². The lowest BCUT2D eigenvalue weighted by atomic mass is 10.2. The van der Waals surface area contributed by atoms with Crippen LogP contribution < -0.4 is 10.0 Å². The van der Waals surface area contributed by atoms with Crippen LogP contribution in [0.5, 0.6) is 11.5 Å². The summed E-state index contributed by atoms with van der Waals surface area (Å²) in [6.45, 7) is 2.13. The lowest BCUT2D eigenvalue weighted by Gasteiger charge is -2.37. The Labute approximate surface area is 165 Å². The van der Waals surface area contributed by atoms with E-state index >= 15 is 0 Å². The molecule has 3 atom stereocenters. The van der Waals surface area contributed by atoms with Gasteiger partial charge in [0, 0.05) is 17.5 Å². The van der Waals surface area contributed by atoms with Crippen molar-refractivity contribution in [2.45, 2.75) is 31.8 Å². The number of esters is 1. The van der Waals surface area contributed by atoms with E-state index in [0.717, 1.165) is 17.5 Å². The Hall–Kier alpha value is -2.36. The van der Waals surface area contributed by atoms with Crippen LogP contribution in [0.2, 0.25) is 0 Å². The van der Waals surface area contributed by atoms with E-state index in [-0.39, 0.29) is 12.0 Å². The first-order valence-electron chi connectivity index (χ1n) is 9.66. The molecule has 1 fully saturated rings. The highest BCUT2D eigenvalue weighted by Crippen LogP contribution is 2.57. The van der Waals surface area contributed by atoms with E-state index in [1.54, 1.807) is 6.92 Å². The lowest BCUT2D eigenvalue weighted by molar-refractivity contribution is -0.147. The molecule has 0 aliphatic carbocycles. The molecule has 0 amide bonds. The number of carbonyl (C=O) groups excluding carboxylic acids is 1. The van der Waals surface area contributed by atoms with Gasteiger partial charge in [-0.15, -0.1) is 0 Å². The maximum atomic E-state index is 14.1. The number of allylic oxidation sites excluding steroid dienone is 1. The Morgan fingerprint density at radius 1 is 1.07 bits per heavy atom. The molecule has 2 aromatic rings. The number of carbonyl (C=O) groups is 1. The molecule has 4 rings (SSSR count). The van der Waals surface area contributed by atoms with Crippen LogP contribution in [0.1, 0.15) is 19.8 Å². The number of para-hydroxylation sites is 1. The summed E-state index contributed by atoms with van der Waals surface area (Å²) < 4.78 is 27.1. The average molecular weight is 397 g/mol. The molecule has 0 bridgehead atoms. The van der Waals surface area contributed by atoms with Crippen LogP contribution in [0.25, 0.3) is 0 Å². The molecule has 0 saturated carbocycles. The maximum Gasteiger partial charge on any atom is 0.323 e. The third-order valence-corrected chi connectivity index (χ3v) is 8.39. The normalized spacial score (nSPS) is 26.6. The smallest absolute Gasteiger partial charge is 0.323 e. The van der Waals surface area contributed by atoms with Gasteiger partial charge in [-0.05, 0) is 56.2 Å². The lowest BCUT2D eigenvalue weighted by Crippen LogP contribution is -2.43. The van der Waals surface area contributed by atoms with Crippen molar-refractivity contribution in [1.29, 1.82) is 0 Å². The van der Waals surface area contributed by atoms with Crippen molar-refractivity contribution in [1.82, 2.24) is 4.67 Å². The summed E-state index contributed by atoms with van der Waals surface area (Å²) in [6, 6.07) is 16.5. The molecule has 2 aliphatic heterocycles. The minimum Gasteiger partial charge on any atom is -0.465 e. The molecule has 2 aromatic carbocycles. The van der Waals surface area contributed by atoms with E-state index in [4.69, 9.17) is 9.47 Å². The number of fused-ring (bicyclic) bond motifs is 1. The van der Waals surface area contributed by atoms with Gasteiger partial charge in [0.15, 0.2) is 7.29 Å². The first-order chi connectivity index (χ1) is 13.6. The molecule has 0 radical (unpaired) electrons. The van der Waals surface area contributed by atoms with Gasteiger partial charge in [-0.25, -0.2) is 4.67 Å². The van der Waals surface area contributed by atoms with Crippen LogP contribution in [-0.2, 0) is 14.1 Å². The van der Waals surface area contributed by atoms with Gasteiger partial charge < -0.3 is 14.0 Å². The Balaban J connectivity index is 1.60. The van der Waals surface area contributed by atoms with E-state index in [1.165, 1.54) is 0 Å². The molecule has 2 aliphatic rings. The van der Waals surface area contributed by atoms with Gasteiger partial charge >= 0.3 is 5.97 Å². The van der Waals surface area contributed by atoms with E-state index < -0.39 is 13.3 Å². The largest absolute Gasteiger partial charge is 0.465 e. The van der Waals surface area contributed by atoms with Crippen molar-refractivity contribution in [3.63, 3.8) is 0 Å². The van der Waals surface area contributed by atoms with Gasteiger partial charge in [0.1, 0.15) is 17.5 Å². The molecule has 1 saturated heterocycles. The maximum absolute atomic E-state index is 14.1. The number of ether oxygens (including phenoxy) is 2. The number of hydrogen-bond donors (Lipinski definition) is 0. The number of hydrogen-bond acceptors (Lipinski definition) is 4. The summed E-state index contributed by atoms with van der Waals surface area (Å²) in [7, 11) is -2.92. The van der Waals surface area contributed by atoms with Gasteiger partial charge in [-0.1, -0.05) is 30.4 Å². The highest BCUT2D eigenvalue weighted by Gasteiger charge is 2.49. The third kappa shape index (κ3) is 3.52. The van der Waals surface area contributed by atoms with Crippen LogP contribution >= 0.6 is 7.29 Å².